The van der Waals surface area contributed by atoms with E-state index < -0.39 is 10.5 Å². The van der Waals surface area contributed by atoms with Gasteiger partial charge in [-0.05, 0) is 37.3 Å². The fourth-order valence-corrected chi connectivity index (χ4v) is 2.55. The van der Waals surface area contributed by atoms with Gasteiger partial charge in [0.1, 0.15) is 5.69 Å². The minimum absolute atomic E-state index is 0.0689. The van der Waals surface area contributed by atoms with Gasteiger partial charge in [-0.1, -0.05) is 23.2 Å². The normalized spacial score (nSPS) is 11.2. The Hall–Kier alpha value is -2.97. The van der Waals surface area contributed by atoms with Crippen molar-refractivity contribution in [2.75, 3.05) is 0 Å². The molecule has 132 valence electrons. The second kappa shape index (κ2) is 7.11. The lowest BCUT2D eigenvalue weighted by Gasteiger charge is -2.00. The number of aromatic amines is 1. The van der Waals surface area contributed by atoms with E-state index in [0.29, 0.717) is 27.1 Å². The van der Waals surface area contributed by atoms with Gasteiger partial charge in [-0.25, -0.2) is 4.68 Å². The number of rotatable bonds is 4. The van der Waals surface area contributed by atoms with Gasteiger partial charge in [0.05, 0.1) is 21.3 Å². The molecule has 0 aliphatic carbocycles. The summed E-state index contributed by atoms with van der Waals surface area (Å²) in [5.74, 6) is 0. The summed E-state index contributed by atoms with van der Waals surface area (Å²) in [5.41, 5.74) is 0.834. The Morgan fingerprint density at radius 2 is 1.81 bits per heavy atom. The van der Waals surface area contributed by atoms with Crippen LogP contribution in [0.25, 0.3) is 5.69 Å². The van der Waals surface area contributed by atoms with Crippen molar-refractivity contribution < 1.29 is 4.92 Å². The largest absolute Gasteiger partial charge is 0.299 e. The molecule has 0 spiro atoms. The Balaban J connectivity index is 1.98. The van der Waals surface area contributed by atoms with Crippen molar-refractivity contribution in [2.24, 2.45) is 10.2 Å². The first-order chi connectivity index (χ1) is 12.4. The van der Waals surface area contributed by atoms with Crippen LogP contribution in [-0.4, -0.2) is 14.7 Å². The topological polar surface area (TPSA) is 106 Å². The molecule has 0 aliphatic rings. The molecular weight excluding hydrogens is 381 g/mol. The van der Waals surface area contributed by atoms with Crippen LogP contribution < -0.4 is 5.56 Å². The number of aromatic nitrogens is 2. The smallest absolute Gasteiger partial charge is 0.293 e. The molecule has 1 aromatic heterocycles. The fraction of sp³-hybridized carbons (Fsp3) is 0.0625. The first-order valence-electron chi connectivity index (χ1n) is 7.30. The van der Waals surface area contributed by atoms with Crippen LogP contribution >= 0.6 is 23.2 Å². The van der Waals surface area contributed by atoms with Crippen LogP contribution in [0, 0.1) is 17.0 Å². The van der Waals surface area contributed by atoms with Gasteiger partial charge >= 0.3 is 0 Å². The number of H-pyrrole nitrogens is 1. The third-order valence-electron chi connectivity index (χ3n) is 3.53. The van der Waals surface area contributed by atoms with Gasteiger partial charge in [0.15, 0.2) is 5.69 Å². The number of benzene rings is 2. The summed E-state index contributed by atoms with van der Waals surface area (Å²) < 4.78 is 1.23. The van der Waals surface area contributed by atoms with Gasteiger partial charge in [0.2, 0.25) is 0 Å². The third-order valence-corrected chi connectivity index (χ3v) is 4.08. The molecule has 0 amide bonds. The molecule has 0 aliphatic heterocycles. The van der Waals surface area contributed by atoms with Crippen molar-refractivity contribution in [3.8, 4) is 5.69 Å². The predicted octanol–water partition coefficient (Wildman–Crippen LogP) is 5.10. The average molecular weight is 392 g/mol. The van der Waals surface area contributed by atoms with Gasteiger partial charge in [-0.2, -0.15) is 0 Å². The van der Waals surface area contributed by atoms with Gasteiger partial charge < -0.3 is 0 Å². The Morgan fingerprint density at radius 3 is 2.46 bits per heavy atom. The zero-order valence-electron chi connectivity index (χ0n) is 13.3. The molecule has 0 unspecified atom stereocenters. The standard InChI is InChI=1S/C16H11Cl2N5O3/c1-9-15(20-19-14-8-10(17)2-7-13(14)18)16(24)22(21-9)11-3-5-12(6-4-11)23(25)26/h2-8,21H,1H3. The number of nitrogens with one attached hydrogen (secondary N) is 1. The molecule has 0 saturated heterocycles. The molecule has 1 N–H and O–H groups in total. The molecule has 0 bridgehead atoms. The molecule has 1 heterocycles. The van der Waals surface area contributed by atoms with Crippen LogP contribution in [0.1, 0.15) is 5.69 Å². The van der Waals surface area contributed by atoms with E-state index in [0.717, 1.165) is 0 Å². The van der Waals surface area contributed by atoms with E-state index in [1.54, 1.807) is 19.1 Å². The molecule has 10 heteroatoms. The monoisotopic (exact) mass is 391 g/mol. The van der Waals surface area contributed by atoms with Gasteiger partial charge in [0, 0.05) is 17.2 Å². The van der Waals surface area contributed by atoms with Crippen LogP contribution in [-0.2, 0) is 0 Å². The summed E-state index contributed by atoms with van der Waals surface area (Å²) in [6.07, 6.45) is 0. The quantitative estimate of drug-likeness (QED) is 0.379. The van der Waals surface area contributed by atoms with Gasteiger partial charge in [0.25, 0.3) is 11.2 Å². The number of hydrogen-bond donors (Lipinski definition) is 1. The summed E-state index contributed by atoms with van der Waals surface area (Å²) in [7, 11) is 0. The highest BCUT2D eigenvalue weighted by atomic mass is 35.5. The minimum Gasteiger partial charge on any atom is -0.293 e. The molecule has 8 nitrogen and oxygen atoms in total. The van der Waals surface area contributed by atoms with E-state index in [4.69, 9.17) is 23.2 Å². The summed E-state index contributed by atoms with van der Waals surface area (Å²) in [4.78, 5) is 22.8. The van der Waals surface area contributed by atoms with Crippen molar-refractivity contribution in [1.29, 1.82) is 0 Å². The zero-order chi connectivity index (χ0) is 18.8. The highest BCUT2D eigenvalue weighted by molar-refractivity contribution is 6.35. The SMILES string of the molecule is Cc1[nH]n(-c2ccc([N+](=O)[O-])cc2)c(=O)c1N=Nc1cc(Cl)ccc1Cl. The lowest BCUT2D eigenvalue weighted by Crippen LogP contribution is -2.13. The average Bonchev–Trinajstić information content (AvgIpc) is 2.90. The molecule has 0 saturated carbocycles. The van der Waals surface area contributed by atoms with Crippen LogP contribution in [0.5, 0.6) is 0 Å². The molecule has 3 rings (SSSR count). The summed E-state index contributed by atoms with van der Waals surface area (Å²) in [6, 6.07) is 10.3. The Bertz CT molecular complexity index is 1070. The zero-order valence-corrected chi connectivity index (χ0v) is 14.8. The number of nitro groups is 1. The maximum absolute atomic E-state index is 12.6. The lowest BCUT2D eigenvalue weighted by atomic mass is 10.3. The van der Waals surface area contributed by atoms with Crippen LogP contribution in [0.3, 0.4) is 0 Å². The number of halogens is 2. The number of non-ortho nitro benzene ring substituents is 1. The van der Waals surface area contributed by atoms with Crippen LogP contribution in [0.4, 0.5) is 17.1 Å². The number of hydrogen-bond acceptors (Lipinski definition) is 5. The van der Waals surface area contributed by atoms with E-state index in [9.17, 15) is 14.9 Å². The number of aryl methyl sites for hydroxylation is 1. The number of nitro benzene ring substituents is 1. The molecule has 2 aromatic carbocycles. The van der Waals surface area contributed by atoms with Crippen molar-refractivity contribution in [2.45, 2.75) is 6.92 Å². The Labute approximate surface area is 156 Å². The molecule has 3 aromatic rings. The first kappa shape index (κ1) is 17.8. The Kier molecular flexibility index (Phi) is 4.88. The molecule has 0 radical (unpaired) electrons. The predicted molar refractivity (Wildman–Crippen MR) is 98.4 cm³/mol. The summed E-state index contributed by atoms with van der Waals surface area (Å²) >= 11 is 11.9. The molecule has 26 heavy (non-hydrogen) atoms. The van der Waals surface area contributed by atoms with Crippen molar-refractivity contribution in [3.05, 3.63) is 78.7 Å². The summed E-state index contributed by atoms with van der Waals surface area (Å²) in [6.45, 7) is 1.66. The van der Waals surface area contributed by atoms with Gasteiger partial charge in [-0.3, -0.25) is 20.0 Å². The highest BCUT2D eigenvalue weighted by Crippen LogP contribution is 2.29. The molecular formula is C16H11Cl2N5O3. The first-order valence-corrected chi connectivity index (χ1v) is 8.05. The Morgan fingerprint density at radius 1 is 1.12 bits per heavy atom. The maximum atomic E-state index is 12.6. The minimum atomic E-state index is -0.513. The van der Waals surface area contributed by atoms with Crippen molar-refractivity contribution in [1.82, 2.24) is 9.78 Å². The second-order valence-electron chi connectivity index (χ2n) is 5.30. The summed E-state index contributed by atoms with van der Waals surface area (Å²) in [5, 5.41) is 22.3. The van der Waals surface area contributed by atoms with Crippen molar-refractivity contribution in [3.63, 3.8) is 0 Å². The second-order valence-corrected chi connectivity index (χ2v) is 6.14. The highest BCUT2D eigenvalue weighted by Gasteiger charge is 2.13. The van der Waals surface area contributed by atoms with Gasteiger partial charge in [-0.15, -0.1) is 10.2 Å². The van der Waals surface area contributed by atoms with Crippen LogP contribution in [0.2, 0.25) is 10.0 Å². The number of nitrogens with zero attached hydrogens (tertiary/aromatic N) is 4. The molecule has 0 fully saturated rings. The molecule has 0 atom stereocenters. The van der Waals surface area contributed by atoms with E-state index in [1.807, 2.05) is 0 Å². The van der Waals surface area contributed by atoms with Crippen LogP contribution in [0.15, 0.2) is 57.5 Å². The van der Waals surface area contributed by atoms with E-state index in [2.05, 4.69) is 15.3 Å². The van der Waals surface area contributed by atoms with Crippen molar-refractivity contribution >= 4 is 40.3 Å². The van der Waals surface area contributed by atoms with E-state index in [-0.39, 0.29) is 11.4 Å². The lowest BCUT2D eigenvalue weighted by molar-refractivity contribution is -0.384. The number of azo groups is 1. The maximum Gasteiger partial charge on any atom is 0.299 e. The third kappa shape index (κ3) is 3.51. The van der Waals surface area contributed by atoms with E-state index >= 15 is 0 Å². The van der Waals surface area contributed by atoms with E-state index in [1.165, 1.54) is 35.0 Å². The fourth-order valence-electron chi connectivity index (χ4n) is 2.23.